The molecular weight excluding hydrogens is 276 g/mol. The number of imidazole rings is 1. The third-order valence-corrected chi connectivity index (χ3v) is 4.24. The molecule has 5 heteroatoms. The molecular formula is C17H18N4O. The summed E-state index contributed by atoms with van der Waals surface area (Å²) in [5.41, 5.74) is 2.73. The highest BCUT2D eigenvalue weighted by Gasteiger charge is 2.16. The van der Waals surface area contributed by atoms with Crippen LogP contribution in [0.15, 0.2) is 42.9 Å². The normalized spacial score (nSPS) is 15.5. The summed E-state index contributed by atoms with van der Waals surface area (Å²) < 4.78 is 7.70. The van der Waals surface area contributed by atoms with Gasteiger partial charge in [-0.1, -0.05) is 12.8 Å². The van der Waals surface area contributed by atoms with E-state index >= 15 is 0 Å². The maximum absolute atomic E-state index is 5.88. The largest absolute Gasteiger partial charge is 0.476 e. The van der Waals surface area contributed by atoms with E-state index in [2.05, 4.69) is 15.1 Å². The Morgan fingerprint density at radius 3 is 2.86 bits per heavy atom. The van der Waals surface area contributed by atoms with Crippen LogP contribution in [0.3, 0.4) is 0 Å². The van der Waals surface area contributed by atoms with Crippen molar-refractivity contribution in [3.63, 3.8) is 0 Å². The minimum atomic E-state index is 0.655. The fourth-order valence-corrected chi connectivity index (χ4v) is 3.02. The highest BCUT2D eigenvalue weighted by atomic mass is 16.5. The van der Waals surface area contributed by atoms with Crippen LogP contribution in [0.25, 0.3) is 16.9 Å². The van der Waals surface area contributed by atoms with E-state index in [0.717, 1.165) is 23.5 Å². The van der Waals surface area contributed by atoms with Crippen molar-refractivity contribution >= 4 is 5.65 Å². The predicted molar refractivity (Wildman–Crippen MR) is 83.7 cm³/mol. The topological polar surface area (TPSA) is 52.3 Å². The summed E-state index contributed by atoms with van der Waals surface area (Å²) >= 11 is 0. The van der Waals surface area contributed by atoms with E-state index in [4.69, 9.17) is 4.74 Å². The van der Waals surface area contributed by atoms with Crippen LogP contribution in [0.5, 0.6) is 5.88 Å². The molecule has 1 fully saturated rings. The summed E-state index contributed by atoms with van der Waals surface area (Å²) in [6.07, 6.45) is 10.6. The van der Waals surface area contributed by atoms with Crippen LogP contribution < -0.4 is 4.74 Å². The lowest BCUT2D eigenvalue weighted by molar-refractivity contribution is 0.240. The fourth-order valence-electron chi connectivity index (χ4n) is 3.02. The Morgan fingerprint density at radius 1 is 1.14 bits per heavy atom. The number of nitrogens with zero attached hydrogens (tertiary/aromatic N) is 4. The molecule has 1 aliphatic carbocycles. The molecule has 22 heavy (non-hydrogen) atoms. The molecule has 3 aromatic heterocycles. The first kappa shape index (κ1) is 13.2. The van der Waals surface area contributed by atoms with E-state index < -0.39 is 0 Å². The van der Waals surface area contributed by atoms with E-state index in [0.29, 0.717) is 11.8 Å². The lowest BCUT2D eigenvalue weighted by Gasteiger charge is -2.10. The second-order valence-corrected chi connectivity index (χ2v) is 5.79. The first-order valence-corrected chi connectivity index (χ1v) is 7.78. The van der Waals surface area contributed by atoms with Gasteiger partial charge < -0.3 is 4.74 Å². The van der Waals surface area contributed by atoms with Crippen molar-refractivity contribution in [2.75, 3.05) is 6.61 Å². The van der Waals surface area contributed by atoms with E-state index in [-0.39, 0.29) is 0 Å². The van der Waals surface area contributed by atoms with Crippen LogP contribution in [0, 0.1) is 5.92 Å². The first-order chi connectivity index (χ1) is 10.9. The molecule has 0 atom stereocenters. The summed E-state index contributed by atoms with van der Waals surface area (Å²) in [6.45, 7) is 0.759. The monoisotopic (exact) mass is 294 g/mol. The Morgan fingerprint density at radius 2 is 2.05 bits per heavy atom. The lowest BCUT2D eigenvalue weighted by Crippen LogP contribution is -2.10. The van der Waals surface area contributed by atoms with Crippen LogP contribution in [0.1, 0.15) is 25.7 Å². The zero-order chi connectivity index (χ0) is 14.8. The molecule has 3 aromatic rings. The molecule has 0 radical (unpaired) electrons. The zero-order valence-electron chi connectivity index (χ0n) is 12.4. The van der Waals surface area contributed by atoms with Crippen molar-refractivity contribution in [3.8, 4) is 17.1 Å². The van der Waals surface area contributed by atoms with Gasteiger partial charge in [0.05, 0.1) is 18.5 Å². The number of fused-ring (bicyclic) bond motifs is 1. The summed E-state index contributed by atoms with van der Waals surface area (Å²) in [7, 11) is 0. The standard InChI is InChI=1S/C17H18N4O/c1-2-5-13(4-1)12-22-17-8-7-16-19-11-15(21(16)20-17)14-6-3-9-18-10-14/h3,6-11,13H,1-2,4-5,12H2. The molecule has 0 amide bonds. The van der Waals surface area contributed by atoms with Gasteiger partial charge in [0.25, 0.3) is 0 Å². The van der Waals surface area contributed by atoms with Crippen molar-refractivity contribution in [1.29, 1.82) is 0 Å². The van der Waals surface area contributed by atoms with Crippen LogP contribution in [-0.2, 0) is 0 Å². The number of pyridine rings is 1. The van der Waals surface area contributed by atoms with E-state index in [1.807, 2.05) is 41.2 Å². The van der Waals surface area contributed by atoms with Crippen molar-refractivity contribution in [2.45, 2.75) is 25.7 Å². The second kappa shape index (κ2) is 5.75. The molecule has 0 unspecified atom stereocenters. The van der Waals surface area contributed by atoms with Crippen LogP contribution in [-0.4, -0.2) is 26.2 Å². The van der Waals surface area contributed by atoms with Crippen LogP contribution in [0.4, 0.5) is 0 Å². The van der Waals surface area contributed by atoms with Gasteiger partial charge in [0.1, 0.15) is 0 Å². The quantitative estimate of drug-likeness (QED) is 0.740. The molecule has 0 aliphatic heterocycles. The maximum Gasteiger partial charge on any atom is 0.231 e. The molecule has 0 aromatic carbocycles. The fraction of sp³-hybridized carbons (Fsp3) is 0.353. The minimum Gasteiger partial charge on any atom is -0.476 e. The van der Waals surface area contributed by atoms with E-state index in [9.17, 15) is 0 Å². The third-order valence-electron chi connectivity index (χ3n) is 4.24. The molecule has 0 bridgehead atoms. The lowest BCUT2D eigenvalue weighted by atomic mass is 10.1. The summed E-state index contributed by atoms with van der Waals surface area (Å²) in [4.78, 5) is 8.55. The predicted octanol–water partition coefficient (Wildman–Crippen LogP) is 3.36. The van der Waals surface area contributed by atoms with Crippen molar-refractivity contribution in [2.24, 2.45) is 5.92 Å². The molecule has 0 N–H and O–H groups in total. The molecule has 4 rings (SSSR count). The zero-order valence-corrected chi connectivity index (χ0v) is 12.4. The Bertz CT molecular complexity index is 763. The van der Waals surface area contributed by atoms with Crippen molar-refractivity contribution in [1.82, 2.24) is 19.6 Å². The number of aromatic nitrogens is 4. The van der Waals surface area contributed by atoms with Gasteiger partial charge in [0.15, 0.2) is 5.65 Å². The summed E-state index contributed by atoms with van der Waals surface area (Å²) in [5.74, 6) is 1.33. The Labute approximate surface area is 129 Å². The minimum absolute atomic E-state index is 0.655. The number of hydrogen-bond donors (Lipinski definition) is 0. The molecule has 112 valence electrons. The molecule has 1 saturated carbocycles. The van der Waals surface area contributed by atoms with Crippen molar-refractivity contribution < 1.29 is 4.74 Å². The van der Waals surface area contributed by atoms with Gasteiger partial charge in [-0.05, 0) is 37.0 Å². The molecule has 3 heterocycles. The Balaban J connectivity index is 1.61. The van der Waals surface area contributed by atoms with Gasteiger partial charge in [0, 0.05) is 24.0 Å². The van der Waals surface area contributed by atoms with Gasteiger partial charge in [-0.3, -0.25) is 4.98 Å². The van der Waals surface area contributed by atoms with Gasteiger partial charge >= 0.3 is 0 Å². The SMILES string of the molecule is c1cncc(-c2cnc3ccc(OCC4CCCC4)nn23)c1. The number of rotatable bonds is 4. The average molecular weight is 294 g/mol. The number of hydrogen-bond acceptors (Lipinski definition) is 4. The third kappa shape index (κ3) is 2.54. The second-order valence-electron chi connectivity index (χ2n) is 5.79. The van der Waals surface area contributed by atoms with Gasteiger partial charge in [0.2, 0.25) is 5.88 Å². The molecule has 0 saturated heterocycles. The van der Waals surface area contributed by atoms with Gasteiger partial charge in [-0.2, -0.15) is 0 Å². The number of ether oxygens (including phenoxy) is 1. The summed E-state index contributed by atoms with van der Waals surface area (Å²) in [6, 6.07) is 7.75. The highest BCUT2D eigenvalue weighted by Crippen LogP contribution is 2.25. The van der Waals surface area contributed by atoms with Crippen LogP contribution in [0.2, 0.25) is 0 Å². The maximum atomic E-state index is 5.88. The van der Waals surface area contributed by atoms with E-state index in [1.54, 1.807) is 6.20 Å². The highest BCUT2D eigenvalue weighted by molar-refractivity contribution is 5.61. The Kier molecular flexibility index (Phi) is 3.46. The first-order valence-electron chi connectivity index (χ1n) is 7.78. The molecule has 5 nitrogen and oxygen atoms in total. The van der Waals surface area contributed by atoms with Gasteiger partial charge in [-0.25, -0.2) is 9.50 Å². The smallest absolute Gasteiger partial charge is 0.231 e. The average Bonchev–Trinajstić information content (AvgIpc) is 3.23. The van der Waals surface area contributed by atoms with Gasteiger partial charge in [-0.15, -0.1) is 5.10 Å². The van der Waals surface area contributed by atoms with E-state index in [1.165, 1.54) is 25.7 Å². The van der Waals surface area contributed by atoms with Crippen molar-refractivity contribution in [3.05, 3.63) is 42.9 Å². The Hall–Kier alpha value is -2.43. The molecule has 1 aliphatic rings. The van der Waals surface area contributed by atoms with Crippen LogP contribution >= 0.6 is 0 Å². The molecule has 0 spiro atoms. The summed E-state index contributed by atoms with van der Waals surface area (Å²) in [5, 5.41) is 4.58.